The molecule has 19 heavy (non-hydrogen) atoms. The fraction of sp³-hybridized carbons (Fsp3) is 0.429. The van der Waals surface area contributed by atoms with Crippen molar-refractivity contribution in [3.8, 4) is 0 Å². The Bertz CT molecular complexity index is 474. The molecule has 0 aromatic heterocycles. The molecule has 0 aliphatic rings. The van der Waals surface area contributed by atoms with Gasteiger partial charge in [0.15, 0.2) is 5.78 Å². The molecule has 0 saturated carbocycles. The number of halogens is 2. The Kier molecular flexibility index (Phi) is 6.15. The van der Waals surface area contributed by atoms with Gasteiger partial charge in [-0.05, 0) is 47.5 Å². The van der Waals surface area contributed by atoms with Crippen molar-refractivity contribution in [1.29, 1.82) is 0 Å². The molecular weight excluding hydrogens is 315 g/mol. The van der Waals surface area contributed by atoms with Crippen LogP contribution in [-0.2, 0) is 9.53 Å². The van der Waals surface area contributed by atoms with Gasteiger partial charge in [-0.3, -0.25) is 9.59 Å². The highest BCUT2D eigenvalue weighted by Gasteiger charge is 2.29. The average molecular weight is 331 g/mol. The number of hydrogen-bond acceptors (Lipinski definition) is 3. The van der Waals surface area contributed by atoms with Gasteiger partial charge in [-0.1, -0.05) is 13.3 Å². The number of esters is 1. The van der Waals surface area contributed by atoms with E-state index in [9.17, 15) is 14.0 Å². The van der Waals surface area contributed by atoms with Crippen LogP contribution in [0, 0.1) is 11.7 Å². The molecule has 0 N–H and O–H groups in total. The van der Waals surface area contributed by atoms with Crippen molar-refractivity contribution in [2.75, 3.05) is 6.61 Å². The summed E-state index contributed by atoms with van der Waals surface area (Å²) >= 11 is 3.14. The van der Waals surface area contributed by atoms with E-state index in [2.05, 4.69) is 15.9 Å². The molecule has 1 rings (SSSR count). The molecule has 0 bridgehead atoms. The third-order valence-electron chi connectivity index (χ3n) is 2.66. The predicted molar refractivity (Wildman–Crippen MR) is 73.5 cm³/mol. The van der Waals surface area contributed by atoms with E-state index >= 15 is 0 Å². The Morgan fingerprint density at radius 2 is 2.05 bits per heavy atom. The van der Waals surface area contributed by atoms with Gasteiger partial charge in [0.25, 0.3) is 0 Å². The van der Waals surface area contributed by atoms with Crippen molar-refractivity contribution in [3.05, 3.63) is 34.1 Å². The van der Waals surface area contributed by atoms with Gasteiger partial charge in [-0.2, -0.15) is 0 Å². The van der Waals surface area contributed by atoms with E-state index in [4.69, 9.17) is 4.74 Å². The number of rotatable bonds is 6. The zero-order valence-corrected chi connectivity index (χ0v) is 12.5. The van der Waals surface area contributed by atoms with Crippen molar-refractivity contribution in [1.82, 2.24) is 0 Å². The Morgan fingerprint density at radius 3 is 2.58 bits per heavy atom. The normalized spacial score (nSPS) is 12.0. The standard InChI is InChI=1S/C14H16BrFO3/c1-3-5-11(14(18)19-4-2)13(17)10-7-6-9(16)8-12(10)15/h6-8,11H,3-5H2,1-2H3. The predicted octanol–water partition coefficient (Wildman–Crippen LogP) is 3.75. The summed E-state index contributed by atoms with van der Waals surface area (Å²) in [5, 5.41) is 0. The zero-order valence-electron chi connectivity index (χ0n) is 10.9. The molecule has 0 saturated heterocycles. The van der Waals surface area contributed by atoms with Gasteiger partial charge in [-0.25, -0.2) is 4.39 Å². The summed E-state index contributed by atoms with van der Waals surface area (Å²) in [6.45, 7) is 3.81. The number of Topliss-reactive ketones (excluding diaryl/α,β-unsaturated/α-hetero) is 1. The number of hydrogen-bond donors (Lipinski definition) is 0. The summed E-state index contributed by atoms with van der Waals surface area (Å²) < 4.78 is 18.3. The third kappa shape index (κ3) is 4.13. The molecule has 0 heterocycles. The Balaban J connectivity index is 3.02. The molecule has 0 aliphatic carbocycles. The van der Waals surface area contributed by atoms with Crippen molar-refractivity contribution >= 4 is 27.7 Å². The first-order valence-corrected chi connectivity index (χ1v) is 6.96. The van der Waals surface area contributed by atoms with Crippen molar-refractivity contribution < 1.29 is 18.7 Å². The lowest BCUT2D eigenvalue weighted by Gasteiger charge is -2.14. The van der Waals surface area contributed by atoms with Crippen LogP contribution in [0.4, 0.5) is 4.39 Å². The minimum absolute atomic E-state index is 0.233. The smallest absolute Gasteiger partial charge is 0.316 e. The zero-order chi connectivity index (χ0) is 14.4. The average Bonchev–Trinajstić information content (AvgIpc) is 2.35. The molecule has 0 aliphatic heterocycles. The maximum Gasteiger partial charge on any atom is 0.316 e. The van der Waals surface area contributed by atoms with Gasteiger partial charge < -0.3 is 4.74 Å². The molecule has 104 valence electrons. The van der Waals surface area contributed by atoms with Crippen molar-refractivity contribution in [3.63, 3.8) is 0 Å². The Labute approximate surface area is 120 Å². The maximum atomic E-state index is 13.0. The van der Waals surface area contributed by atoms with Gasteiger partial charge >= 0.3 is 5.97 Å². The summed E-state index contributed by atoms with van der Waals surface area (Å²) in [6, 6.07) is 3.79. The number of carbonyl (C=O) groups excluding carboxylic acids is 2. The lowest BCUT2D eigenvalue weighted by molar-refractivity contribution is -0.146. The molecule has 0 spiro atoms. The largest absolute Gasteiger partial charge is 0.465 e. The van der Waals surface area contributed by atoms with Crippen LogP contribution in [0.1, 0.15) is 37.0 Å². The molecule has 1 unspecified atom stereocenters. The van der Waals surface area contributed by atoms with Gasteiger partial charge in [0.05, 0.1) is 6.61 Å². The van der Waals surface area contributed by atoms with E-state index in [-0.39, 0.29) is 12.4 Å². The maximum absolute atomic E-state index is 13.0. The van der Waals surface area contributed by atoms with Gasteiger partial charge in [0.2, 0.25) is 0 Å². The van der Waals surface area contributed by atoms with Gasteiger partial charge in [0.1, 0.15) is 11.7 Å². The number of ketones is 1. The van der Waals surface area contributed by atoms with Gasteiger partial charge in [-0.15, -0.1) is 0 Å². The second-order valence-electron chi connectivity index (χ2n) is 4.08. The van der Waals surface area contributed by atoms with Crippen LogP contribution in [0.2, 0.25) is 0 Å². The summed E-state index contributed by atoms with van der Waals surface area (Å²) in [5.41, 5.74) is 0.299. The Hall–Kier alpha value is -1.23. The number of benzene rings is 1. The lowest BCUT2D eigenvalue weighted by atomic mass is 9.93. The number of carbonyl (C=O) groups is 2. The summed E-state index contributed by atoms with van der Waals surface area (Å²) in [6.07, 6.45) is 1.11. The molecule has 0 fully saturated rings. The SMILES string of the molecule is CCCC(C(=O)OCC)C(=O)c1ccc(F)cc1Br. The first kappa shape index (κ1) is 15.8. The summed E-state index contributed by atoms with van der Waals surface area (Å²) in [4.78, 5) is 24.1. The van der Waals surface area contributed by atoms with Crippen LogP contribution in [0.3, 0.4) is 0 Å². The van der Waals surface area contributed by atoms with Crippen molar-refractivity contribution in [2.24, 2.45) is 5.92 Å². The highest BCUT2D eigenvalue weighted by molar-refractivity contribution is 9.10. The fourth-order valence-corrected chi connectivity index (χ4v) is 2.31. The minimum atomic E-state index is -0.827. The van der Waals surface area contributed by atoms with Gasteiger partial charge in [0, 0.05) is 10.0 Å². The molecule has 5 heteroatoms. The van der Waals surface area contributed by atoms with E-state index in [1.165, 1.54) is 18.2 Å². The summed E-state index contributed by atoms with van der Waals surface area (Å²) in [5.74, 6) is -2.13. The number of ether oxygens (including phenoxy) is 1. The first-order valence-electron chi connectivity index (χ1n) is 6.17. The van der Waals surface area contributed by atoms with E-state index in [1.807, 2.05) is 6.92 Å². The molecule has 3 nitrogen and oxygen atoms in total. The molecule has 1 atom stereocenters. The van der Waals surface area contributed by atoms with E-state index in [0.29, 0.717) is 22.9 Å². The molecule has 1 aromatic rings. The fourth-order valence-electron chi connectivity index (χ4n) is 1.76. The molecule has 0 amide bonds. The quantitative estimate of drug-likeness (QED) is 0.453. The van der Waals surface area contributed by atoms with E-state index in [0.717, 1.165) is 0 Å². The Morgan fingerprint density at radius 1 is 1.37 bits per heavy atom. The van der Waals surface area contributed by atoms with Crippen LogP contribution in [0.25, 0.3) is 0 Å². The first-order chi connectivity index (χ1) is 9.01. The van der Waals surface area contributed by atoms with Crippen LogP contribution in [-0.4, -0.2) is 18.4 Å². The third-order valence-corrected chi connectivity index (χ3v) is 3.32. The monoisotopic (exact) mass is 330 g/mol. The van der Waals surface area contributed by atoms with Crippen LogP contribution >= 0.6 is 15.9 Å². The second kappa shape index (κ2) is 7.38. The topological polar surface area (TPSA) is 43.4 Å². The van der Waals surface area contributed by atoms with Crippen molar-refractivity contribution in [2.45, 2.75) is 26.7 Å². The molecule has 1 aromatic carbocycles. The van der Waals surface area contributed by atoms with Crippen LogP contribution in [0.15, 0.2) is 22.7 Å². The second-order valence-corrected chi connectivity index (χ2v) is 4.94. The minimum Gasteiger partial charge on any atom is -0.465 e. The highest BCUT2D eigenvalue weighted by atomic mass is 79.9. The summed E-state index contributed by atoms with van der Waals surface area (Å²) in [7, 11) is 0. The van der Waals surface area contributed by atoms with Crippen LogP contribution < -0.4 is 0 Å². The van der Waals surface area contributed by atoms with E-state index in [1.54, 1.807) is 6.92 Å². The van der Waals surface area contributed by atoms with Crippen LogP contribution in [0.5, 0.6) is 0 Å². The molecular formula is C14H16BrFO3. The highest BCUT2D eigenvalue weighted by Crippen LogP contribution is 2.24. The molecule has 0 radical (unpaired) electrons. The lowest BCUT2D eigenvalue weighted by Crippen LogP contribution is -2.26. The van der Waals surface area contributed by atoms with E-state index < -0.39 is 17.7 Å².